The van der Waals surface area contributed by atoms with Gasteiger partial charge in [0, 0.05) is 24.5 Å². The van der Waals surface area contributed by atoms with Crippen LogP contribution in [0.4, 0.5) is 4.39 Å². The van der Waals surface area contributed by atoms with Crippen LogP contribution in [0.5, 0.6) is 0 Å². The Morgan fingerprint density at radius 2 is 2.05 bits per heavy atom. The molecule has 3 nitrogen and oxygen atoms in total. The first kappa shape index (κ1) is 13.6. The maximum Gasteiger partial charge on any atom is 0.270 e. The summed E-state index contributed by atoms with van der Waals surface area (Å²) in [6.07, 6.45) is 0. The summed E-state index contributed by atoms with van der Waals surface area (Å²) in [5.41, 5.74) is 2.00. The molecule has 4 heteroatoms. The summed E-state index contributed by atoms with van der Waals surface area (Å²) in [5.74, 6) is 0.0589. The van der Waals surface area contributed by atoms with E-state index in [2.05, 4.69) is 18.8 Å². The zero-order chi connectivity index (χ0) is 14.2. The quantitative estimate of drug-likeness (QED) is 0.904. The summed E-state index contributed by atoms with van der Waals surface area (Å²) in [6, 6.07) is 4.69. The highest BCUT2D eigenvalue weighted by Crippen LogP contribution is 2.21. The van der Waals surface area contributed by atoms with E-state index >= 15 is 0 Å². The molecule has 0 unspecified atom stereocenters. The molecule has 0 aliphatic carbocycles. The number of nitrogens with one attached hydrogen (secondary N) is 1. The third kappa shape index (κ3) is 2.78. The van der Waals surface area contributed by atoms with E-state index in [0.717, 1.165) is 10.9 Å². The lowest BCUT2D eigenvalue weighted by Gasteiger charge is -2.18. The van der Waals surface area contributed by atoms with Crippen molar-refractivity contribution in [3.63, 3.8) is 0 Å². The molecule has 1 aromatic heterocycles. The third-order valence-corrected chi connectivity index (χ3v) is 3.13. The number of aromatic amines is 1. The van der Waals surface area contributed by atoms with Crippen molar-refractivity contribution >= 4 is 16.8 Å². The molecule has 0 atom stereocenters. The summed E-state index contributed by atoms with van der Waals surface area (Å²) in [4.78, 5) is 16.9. The molecular weight excluding hydrogens is 243 g/mol. The molecule has 0 fully saturated rings. The predicted octanol–water partition coefficient (Wildman–Crippen LogP) is 3.34. The maximum absolute atomic E-state index is 13.3. The van der Waals surface area contributed by atoms with Gasteiger partial charge in [0.05, 0.1) is 0 Å². The van der Waals surface area contributed by atoms with Crippen molar-refractivity contribution in [3.8, 4) is 0 Å². The molecule has 2 rings (SSSR count). The minimum absolute atomic E-state index is 0.0651. The lowest BCUT2D eigenvalue weighted by Crippen LogP contribution is -2.30. The van der Waals surface area contributed by atoms with E-state index in [1.807, 2.05) is 6.92 Å². The van der Waals surface area contributed by atoms with Crippen LogP contribution in [0.15, 0.2) is 18.2 Å². The minimum atomic E-state index is -0.290. The van der Waals surface area contributed by atoms with Gasteiger partial charge in [-0.1, -0.05) is 13.8 Å². The number of nitrogens with zero attached hydrogens (tertiary/aromatic N) is 1. The summed E-state index contributed by atoms with van der Waals surface area (Å²) in [5, 5.41) is 0.891. The highest BCUT2D eigenvalue weighted by atomic mass is 19.1. The smallest absolute Gasteiger partial charge is 0.270 e. The number of rotatable bonds is 3. The largest absolute Gasteiger partial charge is 0.350 e. The molecule has 0 aliphatic rings. The Kier molecular flexibility index (Phi) is 3.60. The lowest BCUT2D eigenvalue weighted by atomic mass is 10.1. The van der Waals surface area contributed by atoms with Gasteiger partial charge in [-0.25, -0.2) is 4.39 Å². The Bertz CT molecular complexity index is 616. The second kappa shape index (κ2) is 5.03. The summed E-state index contributed by atoms with van der Waals surface area (Å²) in [7, 11) is 1.78. The number of hydrogen-bond acceptors (Lipinski definition) is 1. The van der Waals surface area contributed by atoms with E-state index in [1.165, 1.54) is 12.1 Å². The first-order chi connectivity index (χ1) is 8.88. The molecule has 0 aliphatic heterocycles. The van der Waals surface area contributed by atoms with Crippen LogP contribution >= 0.6 is 0 Å². The van der Waals surface area contributed by atoms with Crippen LogP contribution in [0.1, 0.15) is 29.9 Å². The maximum atomic E-state index is 13.3. The van der Waals surface area contributed by atoms with Gasteiger partial charge in [-0.15, -0.1) is 0 Å². The van der Waals surface area contributed by atoms with Gasteiger partial charge in [0.1, 0.15) is 11.5 Å². The van der Waals surface area contributed by atoms with Crippen LogP contribution in [-0.4, -0.2) is 29.4 Å². The molecule has 1 aromatic carbocycles. The molecular formula is C15H19FN2O. The van der Waals surface area contributed by atoms with E-state index in [9.17, 15) is 9.18 Å². The van der Waals surface area contributed by atoms with Gasteiger partial charge in [-0.05, 0) is 36.6 Å². The van der Waals surface area contributed by atoms with Crippen molar-refractivity contribution in [3.05, 3.63) is 35.3 Å². The van der Waals surface area contributed by atoms with E-state index < -0.39 is 0 Å². The van der Waals surface area contributed by atoms with Crippen LogP contribution in [0.25, 0.3) is 10.9 Å². The van der Waals surface area contributed by atoms with Crippen LogP contribution < -0.4 is 0 Å². The second-order valence-corrected chi connectivity index (χ2v) is 5.45. The number of fused-ring (bicyclic) bond motifs is 1. The number of carbonyl (C=O) groups is 1. The summed E-state index contributed by atoms with van der Waals surface area (Å²) in [6.45, 7) is 6.66. The SMILES string of the molecule is Cc1cc(F)cc2[nH]c(C(=O)N(C)CC(C)C)cc12. The molecule has 0 spiro atoms. The zero-order valence-corrected chi connectivity index (χ0v) is 11.7. The van der Waals surface area contributed by atoms with Gasteiger partial charge in [0.2, 0.25) is 0 Å². The van der Waals surface area contributed by atoms with Crippen molar-refractivity contribution in [2.24, 2.45) is 5.92 Å². The van der Waals surface area contributed by atoms with Crippen LogP contribution in [0.3, 0.4) is 0 Å². The molecule has 0 bridgehead atoms. The average molecular weight is 262 g/mol. The molecule has 0 radical (unpaired) electrons. The van der Waals surface area contributed by atoms with E-state index in [1.54, 1.807) is 18.0 Å². The van der Waals surface area contributed by atoms with E-state index in [-0.39, 0.29) is 11.7 Å². The van der Waals surface area contributed by atoms with Crippen LogP contribution in [0.2, 0.25) is 0 Å². The Hall–Kier alpha value is -1.84. The van der Waals surface area contributed by atoms with Gasteiger partial charge in [0.25, 0.3) is 5.91 Å². The number of aromatic nitrogens is 1. The van der Waals surface area contributed by atoms with Gasteiger partial charge in [-0.2, -0.15) is 0 Å². The Labute approximate surface area is 112 Å². The third-order valence-electron chi connectivity index (χ3n) is 3.13. The Morgan fingerprint density at radius 3 is 2.68 bits per heavy atom. The number of amides is 1. The summed E-state index contributed by atoms with van der Waals surface area (Å²) < 4.78 is 13.3. The number of halogens is 1. The number of hydrogen-bond donors (Lipinski definition) is 1. The van der Waals surface area contributed by atoms with Gasteiger partial charge < -0.3 is 9.88 Å². The van der Waals surface area contributed by atoms with Crippen molar-refractivity contribution < 1.29 is 9.18 Å². The van der Waals surface area contributed by atoms with Gasteiger partial charge in [0.15, 0.2) is 0 Å². The predicted molar refractivity (Wildman–Crippen MR) is 74.8 cm³/mol. The lowest BCUT2D eigenvalue weighted by molar-refractivity contribution is 0.0774. The molecule has 2 aromatic rings. The van der Waals surface area contributed by atoms with Crippen LogP contribution in [0, 0.1) is 18.7 Å². The fourth-order valence-corrected chi connectivity index (χ4v) is 2.33. The molecule has 1 N–H and O–H groups in total. The van der Waals surface area contributed by atoms with Crippen molar-refractivity contribution in [2.75, 3.05) is 13.6 Å². The number of carbonyl (C=O) groups excluding carboxylic acids is 1. The van der Waals surface area contributed by atoms with E-state index in [4.69, 9.17) is 0 Å². The monoisotopic (exact) mass is 262 g/mol. The van der Waals surface area contributed by atoms with Gasteiger partial charge >= 0.3 is 0 Å². The first-order valence-corrected chi connectivity index (χ1v) is 6.43. The topological polar surface area (TPSA) is 36.1 Å². The molecule has 102 valence electrons. The number of H-pyrrole nitrogens is 1. The van der Waals surface area contributed by atoms with Gasteiger partial charge in [-0.3, -0.25) is 4.79 Å². The molecule has 0 saturated heterocycles. The normalized spacial score (nSPS) is 11.3. The molecule has 1 amide bonds. The standard InChI is InChI=1S/C15H19FN2O/c1-9(2)8-18(4)15(19)14-7-12-10(3)5-11(16)6-13(12)17-14/h5-7,9,17H,8H2,1-4H3. The minimum Gasteiger partial charge on any atom is -0.350 e. The molecule has 19 heavy (non-hydrogen) atoms. The van der Waals surface area contributed by atoms with E-state index in [0.29, 0.717) is 23.7 Å². The van der Waals surface area contributed by atoms with Crippen LogP contribution in [-0.2, 0) is 0 Å². The fraction of sp³-hybridized carbons (Fsp3) is 0.400. The molecule has 0 saturated carbocycles. The second-order valence-electron chi connectivity index (χ2n) is 5.45. The average Bonchev–Trinajstić information content (AvgIpc) is 2.70. The highest BCUT2D eigenvalue weighted by molar-refractivity contribution is 5.98. The van der Waals surface area contributed by atoms with Crippen molar-refractivity contribution in [1.29, 1.82) is 0 Å². The van der Waals surface area contributed by atoms with Crippen molar-refractivity contribution in [1.82, 2.24) is 9.88 Å². The highest BCUT2D eigenvalue weighted by Gasteiger charge is 2.16. The fourth-order valence-electron chi connectivity index (χ4n) is 2.33. The Morgan fingerprint density at radius 1 is 1.37 bits per heavy atom. The first-order valence-electron chi connectivity index (χ1n) is 6.43. The zero-order valence-electron chi connectivity index (χ0n) is 11.7. The number of benzene rings is 1. The Balaban J connectivity index is 2.36. The molecule has 1 heterocycles. The summed E-state index contributed by atoms with van der Waals surface area (Å²) >= 11 is 0. The number of aryl methyl sites for hydroxylation is 1. The van der Waals surface area contributed by atoms with Crippen molar-refractivity contribution in [2.45, 2.75) is 20.8 Å².